The van der Waals surface area contributed by atoms with Crippen molar-refractivity contribution in [3.8, 4) is 0 Å². The molecule has 0 N–H and O–H groups in total. The molecule has 0 spiro atoms. The molecule has 2 fully saturated rings. The van der Waals surface area contributed by atoms with E-state index in [-0.39, 0.29) is 6.29 Å². The van der Waals surface area contributed by atoms with Gasteiger partial charge in [0.2, 0.25) is 5.89 Å². The van der Waals surface area contributed by atoms with Gasteiger partial charge in [-0.1, -0.05) is 12.1 Å². The third-order valence-electron chi connectivity index (χ3n) is 4.36. The van der Waals surface area contributed by atoms with Gasteiger partial charge in [-0.05, 0) is 38.1 Å². The summed E-state index contributed by atoms with van der Waals surface area (Å²) in [6.07, 6.45) is 2.26. The average Bonchev–Trinajstić information content (AvgIpc) is 3.17. The first-order valence-corrected chi connectivity index (χ1v) is 7.68. The van der Waals surface area contributed by atoms with E-state index < -0.39 is 0 Å². The second kappa shape index (κ2) is 5.75. The summed E-state index contributed by atoms with van der Waals surface area (Å²) in [5.74, 6) is 1.34. The van der Waals surface area contributed by atoms with Gasteiger partial charge >= 0.3 is 0 Å². The van der Waals surface area contributed by atoms with Crippen LogP contribution in [0.25, 0.3) is 11.1 Å². The molecule has 5 nitrogen and oxygen atoms in total. The van der Waals surface area contributed by atoms with Gasteiger partial charge in [0.15, 0.2) is 11.9 Å². The fraction of sp³-hybridized carbons (Fsp3) is 0.562. The van der Waals surface area contributed by atoms with E-state index in [1.807, 2.05) is 24.3 Å². The van der Waals surface area contributed by atoms with Crippen LogP contribution in [0.2, 0.25) is 0 Å². The van der Waals surface area contributed by atoms with Crippen LogP contribution in [0.1, 0.15) is 18.7 Å². The maximum Gasteiger partial charge on any atom is 0.209 e. The molecule has 21 heavy (non-hydrogen) atoms. The van der Waals surface area contributed by atoms with Crippen LogP contribution in [0, 0.1) is 5.92 Å². The number of nitrogens with zero attached hydrogens (tertiary/aromatic N) is 2. The van der Waals surface area contributed by atoms with Crippen LogP contribution in [0.15, 0.2) is 28.7 Å². The van der Waals surface area contributed by atoms with Crippen molar-refractivity contribution in [2.24, 2.45) is 5.92 Å². The summed E-state index contributed by atoms with van der Waals surface area (Å²) in [6.45, 7) is 4.37. The van der Waals surface area contributed by atoms with Crippen LogP contribution in [0.4, 0.5) is 0 Å². The van der Waals surface area contributed by atoms with Gasteiger partial charge in [-0.15, -0.1) is 0 Å². The number of rotatable bonds is 3. The Morgan fingerprint density at radius 2 is 1.86 bits per heavy atom. The molecule has 1 aromatic carbocycles. The van der Waals surface area contributed by atoms with Crippen molar-refractivity contribution in [2.75, 3.05) is 26.3 Å². The van der Waals surface area contributed by atoms with E-state index in [1.54, 1.807) is 0 Å². The molecule has 0 radical (unpaired) electrons. The minimum absolute atomic E-state index is 0.0245. The Bertz CT molecular complexity index is 565. The molecule has 0 unspecified atom stereocenters. The monoisotopic (exact) mass is 288 g/mol. The highest BCUT2D eigenvalue weighted by Crippen LogP contribution is 2.26. The molecular formula is C16H20N2O3. The van der Waals surface area contributed by atoms with Crippen molar-refractivity contribution >= 4 is 11.1 Å². The summed E-state index contributed by atoms with van der Waals surface area (Å²) < 4.78 is 17.0. The van der Waals surface area contributed by atoms with Crippen molar-refractivity contribution < 1.29 is 13.9 Å². The van der Waals surface area contributed by atoms with Crippen LogP contribution in [0.3, 0.4) is 0 Å². The zero-order valence-electron chi connectivity index (χ0n) is 12.0. The molecule has 2 saturated heterocycles. The number of para-hydroxylation sites is 2. The van der Waals surface area contributed by atoms with Crippen LogP contribution in [0.5, 0.6) is 0 Å². The SMILES string of the molecule is c1ccc2oc(CN3CCC(C4OCCO4)CC3)nc2c1. The van der Waals surface area contributed by atoms with Gasteiger partial charge in [0, 0.05) is 5.92 Å². The lowest BCUT2D eigenvalue weighted by atomic mass is 9.96. The third-order valence-corrected chi connectivity index (χ3v) is 4.36. The van der Waals surface area contributed by atoms with E-state index in [9.17, 15) is 0 Å². The first kappa shape index (κ1) is 13.2. The highest BCUT2D eigenvalue weighted by molar-refractivity contribution is 5.72. The van der Waals surface area contributed by atoms with E-state index in [1.165, 1.54) is 0 Å². The molecule has 112 valence electrons. The molecule has 1 aromatic heterocycles. The lowest BCUT2D eigenvalue weighted by Gasteiger charge is -2.33. The summed E-state index contributed by atoms with van der Waals surface area (Å²) >= 11 is 0. The summed E-state index contributed by atoms with van der Waals surface area (Å²) in [4.78, 5) is 6.94. The summed E-state index contributed by atoms with van der Waals surface area (Å²) in [5.41, 5.74) is 1.81. The Morgan fingerprint density at radius 3 is 2.62 bits per heavy atom. The Kier molecular flexibility index (Phi) is 3.63. The highest BCUT2D eigenvalue weighted by atomic mass is 16.7. The number of fused-ring (bicyclic) bond motifs is 1. The van der Waals surface area contributed by atoms with Gasteiger partial charge in [-0.25, -0.2) is 4.98 Å². The number of benzene rings is 1. The molecule has 0 aliphatic carbocycles. The Balaban J connectivity index is 1.35. The quantitative estimate of drug-likeness (QED) is 0.868. The van der Waals surface area contributed by atoms with E-state index in [2.05, 4.69) is 9.88 Å². The molecule has 0 bridgehead atoms. The maximum atomic E-state index is 5.80. The minimum Gasteiger partial charge on any atom is -0.439 e. The molecule has 3 heterocycles. The molecule has 5 heteroatoms. The second-order valence-corrected chi connectivity index (χ2v) is 5.80. The smallest absolute Gasteiger partial charge is 0.209 e. The number of hydrogen-bond acceptors (Lipinski definition) is 5. The molecule has 0 amide bonds. The van der Waals surface area contributed by atoms with Gasteiger partial charge in [-0.3, -0.25) is 4.90 Å². The van der Waals surface area contributed by atoms with Crippen molar-refractivity contribution in [2.45, 2.75) is 25.7 Å². The van der Waals surface area contributed by atoms with Gasteiger partial charge in [0.1, 0.15) is 5.52 Å². The predicted octanol–water partition coefficient (Wildman–Crippen LogP) is 2.41. The first-order chi connectivity index (χ1) is 10.4. The molecule has 0 saturated carbocycles. The predicted molar refractivity (Wildman–Crippen MR) is 77.7 cm³/mol. The van der Waals surface area contributed by atoms with Crippen molar-refractivity contribution in [1.82, 2.24) is 9.88 Å². The number of hydrogen-bond donors (Lipinski definition) is 0. The fourth-order valence-corrected chi connectivity index (χ4v) is 3.21. The normalized spacial score (nSPS) is 22.3. The Labute approximate surface area is 123 Å². The summed E-state index contributed by atoms with van der Waals surface area (Å²) in [7, 11) is 0. The van der Waals surface area contributed by atoms with Gasteiger partial charge in [0.25, 0.3) is 0 Å². The number of aromatic nitrogens is 1. The number of oxazole rings is 1. The van der Waals surface area contributed by atoms with E-state index in [4.69, 9.17) is 13.9 Å². The van der Waals surface area contributed by atoms with E-state index in [0.29, 0.717) is 5.92 Å². The largest absolute Gasteiger partial charge is 0.439 e. The van der Waals surface area contributed by atoms with Crippen molar-refractivity contribution in [3.63, 3.8) is 0 Å². The number of ether oxygens (including phenoxy) is 2. The third kappa shape index (κ3) is 2.81. The molecule has 4 rings (SSSR count). The van der Waals surface area contributed by atoms with Crippen LogP contribution in [-0.4, -0.2) is 42.5 Å². The maximum absolute atomic E-state index is 5.80. The lowest BCUT2D eigenvalue weighted by molar-refractivity contribution is -0.0980. The van der Waals surface area contributed by atoms with Crippen LogP contribution in [-0.2, 0) is 16.0 Å². The van der Waals surface area contributed by atoms with Crippen LogP contribution >= 0.6 is 0 Å². The molecule has 0 atom stereocenters. The molecule has 2 aliphatic rings. The molecule has 2 aromatic rings. The molecule has 2 aliphatic heterocycles. The van der Waals surface area contributed by atoms with E-state index in [0.717, 1.165) is 62.7 Å². The molecular weight excluding hydrogens is 268 g/mol. The second-order valence-electron chi connectivity index (χ2n) is 5.80. The van der Waals surface area contributed by atoms with Crippen molar-refractivity contribution in [1.29, 1.82) is 0 Å². The lowest BCUT2D eigenvalue weighted by Crippen LogP contribution is -2.37. The number of likely N-dealkylation sites (tertiary alicyclic amines) is 1. The highest BCUT2D eigenvalue weighted by Gasteiger charge is 2.30. The van der Waals surface area contributed by atoms with Gasteiger partial charge in [0.05, 0.1) is 19.8 Å². The minimum atomic E-state index is 0.0245. The zero-order valence-corrected chi connectivity index (χ0v) is 12.0. The van der Waals surface area contributed by atoms with Crippen molar-refractivity contribution in [3.05, 3.63) is 30.2 Å². The topological polar surface area (TPSA) is 47.7 Å². The first-order valence-electron chi connectivity index (χ1n) is 7.68. The van der Waals surface area contributed by atoms with Crippen LogP contribution < -0.4 is 0 Å². The summed E-state index contributed by atoms with van der Waals surface area (Å²) in [6, 6.07) is 7.92. The fourth-order valence-electron chi connectivity index (χ4n) is 3.21. The average molecular weight is 288 g/mol. The number of piperidine rings is 1. The van der Waals surface area contributed by atoms with E-state index >= 15 is 0 Å². The standard InChI is InChI=1S/C16H20N2O3/c1-2-4-14-13(3-1)17-15(21-14)11-18-7-5-12(6-8-18)16-19-9-10-20-16/h1-4,12,16H,5-11H2. The summed E-state index contributed by atoms with van der Waals surface area (Å²) in [5, 5.41) is 0. The van der Waals surface area contributed by atoms with Gasteiger partial charge < -0.3 is 13.9 Å². The Morgan fingerprint density at radius 1 is 1.10 bits per heavy atom. The van der Waals surface area contributed by atoms with Gasteiger partial charge in [-0.2, -0.15) is 0 Å². The zero-order chi connectivity index (χ0) is 14.1. The Hall–Kier alpha value is -1.43.